The third-order valence-electron chi connectivity index (χ3n) is 4.76. The Hall–Kier alpha value is -3.30. The van der Waals surface area contributed by atoms with Crippen LogP contribution in [-0.4, -0.2) is 34.4 Å². The maximum Gasteiger partial charge on any atom is 0.350 e. The van der Waals surface area contributed by atoms with Crippen molar-refractivity contribution in [3.63, 3.8) is 0 Å². The SMILES string of the molecule is CCOC(=O)c1sc(N2C(=O)C(=O)/C(=C(\O)c3ccccc3)C2c2cccs2)nc1C. The highest BCUT2D eigenvalue weighted by atomic mass is 32.1. The number of hydrogen-bond acceptors (Lipinski definition) is 8. The lowest BCUT2D eigenvalue weighted by Crippen LogP contribution is -2.29. The quantitative estimate of drug-likeness (QED) is 0.267. The van der Waals surface area contributed by atoms with Gasteiger partial charge < -0.3 is 9.84 Å². The van der Waals surface area contributed by atoms with Gasteiger partial charge in [-0.2, -0.15) is 0 Å². The van der Waals surface area contributed by atoms with Crippen LogP contribution in [0.2, 0.25) is 0 Å². The smallest absolute Gasteiger partial charge is 0.350 e. The summed E-state index contributed by atoms with van der Waals surface area (Å²) in [4.78, 5) is 44.9. The third-order valence-corrected chi connectivity index (χ3v) is 6.82. The minimum atomic E-state index is -0.846. The van der Waals surface area contributed by atoms with Crippen LogP contribution in [0.4, 0.5) is 5.13 Å². The standard InChI is InChI=1S/C22H18N2O5S2/c1-3-29-21(28)19-12(2)23-22(31-19)24-16(14-10-7-11-30-14)15(18(26)20(24)27)17(25)13-8-5-4-6-9-13/h4-11,16,25H,3H2,1-2H3/b17-15-. The summed E-state index contributed by atoms with van der Waals surface area (Å²) in [5.41, 5.74) is 0.835. The van der Waals surface area contributed by atoms with Gasteiger partial charge in [0.2, 0.25) is 0 Å². The first kappa shape index (κ1) is 21.0. The van der Waals surface area contributed by atoms with Gasteiger partial charge in [0.15, 0.2) is 5.13 Å². The van der Waals surface area contributed by atoms with E-state index in [9.17, 15) is 19.5 Å². The van der Waals surface area contributed by atoms with E-state index in [1.165, 1.54) is 16.2 Å². The Morgan fingerprint density at radius 1 is 1.19 bits per heavy atom. The van der Waals surface area contributed by atoms with Gasteiger partial charge in [-0.05, 0) is 25.3 Å². The van der Waals surface area contributed by atoms with E-state index in [2.05, 4.69) is 4.98 Å². The molecule has 1 unspecified atom stereocenters. The second-order valence-corrected chi connectivity index (χ2v) is 8.64. The van der Waals surface area contributed by atoms with Gasteiger partial charge in [0, 0.05) is 10.4 Å². The molecule has 1 saturated heterocycles. The Balaban J connectivity index is 1.87. The number of benzene rings is 1. The van der Waals surface area contributed by atoms with Crippen LogP contribution in [0.25, 0.3) is 5.76 Å². The number of esters is 1. The molecule has 1 aromatic carbocycles. The summed E-state index contributed by atoms with van der Waals surface area (Å²) < 4.78 is 5.06. The number of anilines is 1. The zero-order valence-corrected chi connectivity index (χ0v) is 18.3. The van der Waals surface area contributed by atoms with Gasteiger partial charge >= 0.3 is 11.9 Å². The Morgan fingerprint density at radius 3 is 2.58 bits per heavy atom. The molecule has 4 rings (SSSR count). The number of ether oxygens (including phenoxy) is 1. The summed E-state index contributed by atoms with van der Waals surface area (Å²) in [6, 6.07) is 11.4. The Kier molecular flexibility index (Phi) is 5.71. The molecule has 1 atom stereocenters. The number of thiazole rings is 1. The monoisotopic (exact) mass is 454 g/mol. The first-order valence-electron chi connectivity index (χ1n) is 9.48. The number of aliphatic hydroxyl groups is 1. The number of aliphatic hydroxyl groups excluding tert-OH is 1. The van der Waals surface area contributed by atoms with Crippen LogP contribution in [-0.2, 0) is 14.3 Å². The molecule has 0 spiro atoms. The van der Waals surface area contributed by atoms with Crippen molar-refractivity contribution in [3.05, 3.63) is 74.4 Å². The summed E-state index contributed by atoms with van der Waals surface area (Å²) in [6.45, 7) is 3.56. The van der Waals surface area contributed by atoms with Gasteiger partial charge in [0.1, 0.15) is 16.7 Å². The maximum absolute atomic E-state index is 13.1. The van der Waals surface area contributed by atoms with Crippen molar-refractivity contribution in [1.82, 2.24) is 4.98 Å². The van der Waals surface area contributed by atoms with E-state index in [1.54, 1.807) is 56.3 Å². The van der Waals surface area contributed by atoms with Crippen LogP contribution < -0.4 is 4.90 Å². The molecule has 2 aromatic heterocycles. The van der Waals surface area contributed by atoms with E-state index in [4.69, 9.17) is 4.74 Å². The van der Waals surface area contributed by atoms with Crippen LogP contribution in [0.5, 0.6) is 0 Å². The molecule has 0 saturated carbocycles. The summed E-state index contributed by atoms with van der Waals surface area (Å²) in [5.74, 6) is -2.39. The van der Waals surface area contributed by atoms with Crippen LogP contribution in [0.3, 0.4) is 0 Å². The van der Waals surface area contributed by atoms with E-state index in [0.29, 0.717) is 16.1 Å². The maximum atomic E-state index is 13.1. The third kappa shape index (κ3) is 3.66. The molecule has 1 aliphatic rings. The van der Waals surface area contributed by atoms with Crippen LogP contribution in [0, 0.1) is 6.92 Å². The number of Topliss-reactive ketones (excluding diaryl/α,β-unsaturated/α-hetero) is 1. The predicted molar refractivity (Wildman–Crippen MR) is 118 cm³/mol. The zero-order valence-electron chi connectivity index (χ0n) is 16.7. The Bertz CT molecular complexity index is 1180. The fourth-order valence-corrected chi connectivity index (χ4v) is 5.18. The zero-order chi connectivity index (χ0) is 22.1. The van der Waals surface area contributed by atoms with Crippen molar-refractivity contribution in [2.24, 2.45) is 0 Å². The van der Waals surface area contributed by atoms with Crippen molar-refractivity contribution in [3.8, 4) is 0 Å². The molecule has 1 aliphatic heterocycles. The van der Waals surface area contributed by atoms with Gasteiger partial charge in [-0.25, -0.2) is 9.78 Å². The average Bonchev–Trinajstić information content (AvgIpc) is 3.48. The molecule has 3 aromatic rings. The first-order valence-corrected chi connectivity index (χ1v) is 11.2. The Morgan fingerprint density at radius 2 is 1.94 bits per heavy atom. The fourth-order valence-electron chi connectivity index (χ4n) is 3.37. The number of nitrogens with zero attached hydrogens (tertiary/aromatic N) is 2. The van der Waals surface area contributed by atoms with Crippen molar-refractivity contribution in [2.45, 2.75) is 19.9 Å². The van der Waals surface area contributed by atoms with Gasteiger partial charge in [0.05, 0.1) is 17.9 Å². The van der Waals surface area contributed by atoms with Crippen LogP contribution in [0.15, 0.2) is 53.4 Å². The predicted octanol–water partition coefficient (Wildman–Crippen LogP) is 4.32. The normalized spacial score (nSPS) is 17.9. The van der Waals surface area contributed by atoms with Gasteiger partial charge in [-0.3, -0.25) is 14.5 Å². The topological polar surface area (TPSA) is 96.8 Å². The van der Waals surface area contributed by atoms with E-state index in [1.807, 2.05) is 5.38 Å². The van der Waals surface area contributed by atoms with Crippen molar-refractivity contribution in [2.75, 3.05) is 11.5 Å². The molecule has 0 aliphatic carbocycles. The Labute approximate surface area is 186 Å². The summed E-state index contributed by atoms with van der Waals surface area (Å²) in [7, 11) is 0. The van der Waals surface area contributed by atoms with E-state index < -0.39 is 23.7 Å². The molecule has 7 nitrogen and oxygen atoms in total. The van der Waals surface area contributed by atoms with Crippen molar-refractivity contribution >= 4 is 51.2 Å². The lowest BCUT2D eigenvalue weighted by molar-refractivity contribution is -0.132. The van der Waals surface area contributed by atoms with E-state index in [0.717, 1.165) is 11.3 Å². The number of aromatic nitrogens is 1. The van der Waals surface area contributed by atoms with Gasteiger partial charge in [0.25, 0.3) is 5.78 Å². The summed E-state index contributed by atoms with van der Waals surface area (Å²) >= 11 is 2.35. The minimum absolute atomic E-state index is 0.0100. The average molecular weight is 455 g/mol. The molecule has 158 valence electrons. The number of aryl methyl sites for hydroxylation is 1. The number of hydrogen-bond donors (Lipinski definition) is 1. The molecular formula is C22H18N2O5S2. The molecule has 1 fully saturated rings. The number of carbonyl (C=O) groups excluding carboxylic acids is 3. The number of amides is 1. The summed E-state index contributed by atoms with van der Waals surface area (Å²) in [6.07, 6.45) is 0. The molecule has 9 heteroatoms. The molecule has 0 radical (unpaired) electrons. The van der Waals surface area contributed by atoms with Crippen molar-refractivity contribution < 1.29 is 24.2 Å². The van der Waals surface area contributed by atoms with Gasteiger partial charge in [-0.1, -0.05) is 47.7 Å². The second kappa shape index (κ2) is 8.44. The molecule has 3 heterocycles. The molecule has 0 bridgehead atoms. The van der Waals surface area contributed by atoms with Crippen LogP contribution in [0.1, 0.15) is 38.8 Å². The lowest BCUT2D eigenvalue weighted by atomic mass is 10.00. The van der Waals surface area contributed by atoms with E-state index >= 15 is 0 Å². The lowest BCUT2D eigenvalue weighted by Gasteiger charge is -2.21. The second-order valence-electron chi connectivity index (χ2n) is 6.68. The largest absolute Gasteiger partial charge is 0.507 e. The first-order chi connectivity index (χ1) is 14.9. The highest BCUT2D eigenvalue weighted by Crippen LogP contribution is 2.45. The van der Waals surface area contributed by atoms with Gasteiger partial charge in [-0.15, -0.1) is 11.3 Å². The molecule has 31 heavy (non-hydrogen) atoms. The molecule has 1 N–H and O–H groups in total. The highest BCUT2D eigenvalue weighted by molar-refractivity contribution is 7.18. The summed E-state index contributed by atoms with van der Waals surface area (Å²) in [5, 5.41) is 13.0. The van der Waals surface area contributed by atoms with Crippen LogP contribution >= 0.6 is 22.7 Å². The fraction of sp³-hybridized carbons (Fsp3) is 0.182. The van der Waals surface area contributed by atoms with E-state index in [-0.39, 0.29) is 27.9 Å². The number of ketones is 1. The van der Waals surface area contributed by atoms with Crippen molar-refractivity contribution in [1.29, 1.82) is 0 Å². The number of thiophene rings is 1. The molecule has 1 amide bonds. The number of carbonyl (C=O) groups is 3. The number of rotatable bonds is 5. The minimum Gasteiger partial charge on any atom is -0.507 e. The molecular weight excluding hydrogens is 436 g/mol. The highest BCUT2D eigenvalue weighted by Gasteiger charge is 2.48.